The van der Waals surface area contributed by atoms with Crippen molar-refractivity contribution in [3.8, 4) is 0 Å². The van der Waals surface area contributed by atoms with E-state index in [0.717, 1.165) is 16.4 Å². The number of phosphoric acid groups is 1. The predicted octanol–water partition coefficient (Wildman–Crippen LogP) is 7.31. The molecule has 0 spiro atoms. The van der Waals surface area contributed by atoms with Gasteiger partial charge >= 0.3 is 7.82 Å². The number of hydrogen-bond donors (Lipinski definition) is 3. The van der Waals surface area contributed by atoms with E-state index in [4.69, 9.17) is 0 Å². The van der Waals surface area contributed by atoms with Gasteiger partial charge in [0, 0.05) is 0 Å². The van der Waals surface area contributed by atoms with Crippen LogP contribution < -0.4 is 16.4 Å². The van der Waals surface area contributed by atoms with Gasteiger partial charge in [0.2, 0.25) is 17.5 Å². The van der Waals surface area contributed by atoms with Crippen molar-refractivity contribution in [2.24, 2.45) is 0 Å². The Hall–Kier alpha value is -3.88. The Bertz CT molecular complexity index is 1340. The smallest absolute Gasteiger partial charge is 0.250 e. The minimum atomic E-state index is -6.31. The van der Waals surface area contributed by atoms with E-state index in [1.165, 1.54) is 0 Å². The zero-order valence-corrected chi connectivity index (χ0v) is 19.1. The molecule has 3 rings (SSSR count). The fourth-order valence-electron chi connectivity index (χ4n) is 2.44. The summed E-state index contributed by atoms with van der Waals surface area (Å²) in [6.07, 6.45) is 0. The molecule has 0 radical (unpaired) electrons. The first-order valence-corrected chi connectivity index (χ1v) is 10.9. The predicted molar refractivity (Wildman–Crippen MR) is 100 cm³/mol. The second kappa shape index (κ2) is 11.5. The van der Waals surface area contributed by atoms with Gasteiger partial charge in [-0.15, -0.1) is 0 Å². The van der Waals surface area contributed by atoms with E-state index < -0.39 is 112 Å². The molecule has 7 nitrogen and oxygen atoms in total. The number of hydrogen-bond acceptors (Lipinski definition) is 7. The lowest BCUT2D eigenvalue weighted by atomic mass is 10.2. The van der Waals surface area contributed by atoms with Gasteiger partial charge in [-0.25, -0.2) is 86.9 Å². The number of halogens is 15. The van der Waals surface area contributed by atoms with Crippen LogP contribution in [-0.4, -0.2) is 0 Å². The summed E-state index contributed by atoms with van der Waals surface area (Å²) in [5, 5.41) is 0. The van der Waals surface area contributed by atoms with Crippen LogP contribution in [0.5, 0.6) is 0 Å². The second-order valence-corrected chi connectivity index (χ2v) is 8.30. The summed E-state index contributed by atoms with van der Waals surface area (Å²) < 4.78 is 227. The van der Waals surface area contributed by atoms with Crippen molar-refractivity contribution in [2.45, 2.75) is 0 Å². The van der Waals surface area contributed by atoms with E-state index in [0.29, 0.717) is 0 Å². The van der Waals surface area contributed by atoms with Crippen molar-refractivity contribution in [3.63, 3.8) is 0 Å². The first kappa shape index (κ1) is 31.6. The Balaban J connectivity index is 2.02. The number of nitrogens with one attached hydrogen (secondary N) is 3. The fraction of sp³-hybridized carbons (Fsp3) is 0. The highest BCUT2D eigenvalue weighted by Gasteiger charge is 2.37. The summed E-state index contributed by atoms with van der Waals surface area (Å²) in [7, 11) is -6.31. The summed E-state index contributed by atoms with van der Waals surface area (Å²) in [6, 6.07) is 0. The molecule has 23 heteroatoms. The molecule has 0 aliphatic heterocycles. The molecule has 224 valence electrons. The first-order valence-electron chi connectivity index (χ1n) is 9.43. The summed E-state index contributed by atoms with van der Waals surface area (Å²) in [5.74, 6) is -40.7. The molecule has 3 aromatic carbocycles. The third-order valence-electron chi connectivity index (χ3n) is 4.41. The van der Waals surface area contributed by atoms with Crippen molar-refractivity contribution in [3.05, 3.63) is 87.3 Å². The standard InChI is InChI=1S/C18H3F15N3O4P/c19-1-4(22)10(28)16(11(29)5(1)23)34-38-41(37,39-35-17-12(30)6(24)2(20)7(25)13(17)31)40-36-18-14(32)8(26)3(21)9(27)15(18)33/h34-36H. The van der Waals surface area contributed by atoms with Gasteiger partial charge in [-0.3, -0.25) is 0 Å². The SMILES string of the molecule is O=P(ONc1c(F)c(F)c(F)c(F)c1F)(ONc1c(F)c(F)c(F)c(F)c1F)ONc1c(F)c(F)c(F)c(F)c1F. The Morgan fingerprint density at radius 1 is 0.317 bits per heavy atom. The molecule has 3 N–H and O–H groups in total. The van der Waals surface area contributed by atoms with Crippen LogP contribution in [0.25, 0.3) is 0 Å². The van der Waals surface area contributed by atoms with E-state index in [9.17, 15) is 70.4 Å². The quantitative estimate of drug-likeness (QED) is 0.0744. The van der Waals surface area contributed by atoms with Gasteiger partial charge in [-0.05, 0) is 0 Å². The lowest BCUT2D eigenvalue weighted by Gasteiger charge is -2.20. The highest BCUT2D eigenvalue weighted by molar-refractivity contribution is 7.48. The van der Waals surface area contributed by atoms with Crippen molar-refractivity contribution in [1.82, 2.24) is 0 Å². The van der Waals surface area contributed by atoms with Crippen LogP contribution in [0.1, 0.15) is 0 Å². The zero-order valence-electron chi connectivity index (χ0n) is 18.2. The lowest BCUT2D eigenvalue weighted by molar-refractivity contribution is 0.169. The Morgan fingerprint density at radius 2 is 0.463 bits per heavy atom. The van der Waals surface area contributed by atoms with Crippen LogP contribution in [0.2, 0.25) is 0 Å². The van der Waals surface area contributed by atoms with E-state index in [1.54, 1.807) is 0 Å². The molecule has 0 aliphatic rings. The van der Waals surface area contributed by atoms with Crippen LogP contribution in [0.4, 0.5) is 82.9 Å². The molecule has 3 aromatic rings. The molecule has 0 atom stereocenters. The molecule has 0 amide bonds. The Labute approximate surface area is 213 Å². The summed E-state index contributed by atoms with van der Waals surface area (Å²) in [6.45, 7) is 0. The maximum absolute atomic E-state index is 13.8. The molecule has 0 fully saturated rings. The van der Waals surface area contributed by atoms with Crippen LogP contribution in [0.15, 0.2) is 0 Å². The molecule has 0 heterocycles. The molecule has 41 heavy (non-hydrogen) atoms. The van der Waals surface area contributed by atoms with Crippen molar-refractivity contribution in [1.29, 1.82) is 0 Å². The van der Waals surface area contributed by atoms with Gasteiger partial charge in [-0.1, -0.05) is 0 Å². The summed E-state index contributed by atoms with van der Waals surface area (Å²) in [4.78, 5) is 0. The second-order valence-electron chi connectivity index (χ2n) is 6.86. The third kappa shape index (κ3) is 5.67. The van der Waals surface area contributed by atoms with Gasteiger partial charge in [0.05, 0.1) is 0 Å². The molecule has 0 bridgehead atoms. The van der Waals surface area contributed by atoms with Crippen LogP contribution in [-0.2, 0) is 18.4 Å². The highest BCUT2D eigenvalue weighted by atomic mass is 31.2. The molecule has 0 aromatic heterocycles. The van der Waals surface area contributed by atoms with Crippen molar-refractivity contribution in [2.75, 3.05) is 16.4 Å². The van der Waals surface area contributed by atoms with Crippen LogP contribution in [0, 0.1) is 87.3 Å². The van der Waals surface area contributed by atoms with E-state index in [-0.39, 0.29) is 0 Å². The Morgan fingerprint density at radius 3 is 0.634 bits per heavy atom. The zero-order chi connectivity index (χ0) is 31.1. The van der Waals surface area contributed by atoms with Gasteiger partial charge < -0.3 is 0 Å². The van der Waals surface area contributed by atoms with Crippen molar-refractivity contribution >= 4 is 24.9 Å². The molecular weight excluding hydrogens is 638 g/mol. The van der Waals surface area contributed by atoms with Gasteiger partial charge in [0.15, 0.2) is 69.8 Å². The van der Waals surface area contributed by atoms with E-state index in [2.05, 4.69) is 13.9 Å². The van der Waals surface area contributed by atoms with Crippen molar-refractivity contribution < 1.29 is 84.3 Å². The largest absolute Gasteiger partial charge is 0.539 e. The minimum Gasteiger partial charge on any atom is -0.250 e. The topological polar surface area (TPSA) is 80.9 Å². The molecular formula is C18H3F15N3O4P. The maximum atomic E-state index is 13.8. The molecule has 0 saturated heterocycles. The minimum absolute atomic E-state index is 0.744. The van der Waals surface area contributed by atoms with Crippen LogP contribution >= 0.6 is 7.82 Å². The third-order valence-corrected chi connectivity index (χ3v) is 5.35. The average Bonchev–Trinajstić information content (AvgIpc) is 2.94. The number of benzene rings is 3. The fourth-order valence-corrected chi connectivity index (χ4v) is 3.17. The maximum Gasteiger partial charge on any atom is 0.539 e. The highest BCUT2D eigenvalue weighted by Crippen LogP contribution is 2.50. The number of rotatable bonds is 9. The monoisotopic (exact) mass is 641 g/mol. The molecule has 0 aliphatic carbocycles. The van der Waals surface area contributed by atoms with Crippen LogP contribution in [0.3, 0.4) is 0 Å². The lowest BCUT2D eigenvalue weighted by Crippen LogP contribution is -2.17. The summed E-state index contributed by atoms with van der Waals surface area (Å²) >= 11 is 0. The molecule has 0 saturated carbocycles. The average molecular weight is 641 g/mol. The molecule has 0 unspecified atom stereocenters. The number of anilines is 3. The van der Waals surface area contributed by atoms with Gasteiger partial charge in [0.25, 0.3) is 0 Å². The normalized spacial score (nSPS) is 11.7. The summed E-state index contributed by atoms with van der Waals surface area (Å²) in [5.41, 5.74) is -4.43. The van der Waals surface area contributed by atoms with Gasteiger partial charge in [0.1, 0.15) is 17.1 Å². The van der Waals surface area contributed by atoms with E-state index >= 15 is 0 Å². The first-order chi connectivity index (χ1) is 18.9. The van der Waals surface area contributed by atoms with E-state index in [1.807, 2.05) is 0 Å². The van der Waals surface area contributed by atoms with Gasteiger partial charge in [-0.2, -0.15) is 13.9 Å². The Kier molecular flexibility index (Phi) is 8.91.